The molecule has 4 bridgehead atoms. The lowest BCUT2D eigenvalue weighted by Crippen LogP contribution is -2.42. The lowest BCUT2D eigenvalue weighted by Gasteiger charge is -2.50. The minimum Gasteiger partial charge on any atom is -0.237 e. The van der Waals surface area contributed by atoms with Gasteiger partial charge in [0, 0.05) is 27.1 Å². The van der Waals surface area contributed by atoms with Gasteiger partial charge in [0.25, 0.3) is 0 Å². The van der Waals surface area contributed by atoms with E-state index >= 15 is 0 Å². The maximum absolute atomic E-state index is 6.19. The molecule has 30 heavy (non-hydrogen) atoms. The molecule has 4 heteroatoms. The molecular formula is C26H24Cl2N2. The Labute approximate surface area is 187 Å². The third-order valence-corrected chi connectivity index (χ3v) is 9.16. The molecule has 8 rings (SSSR count). The van der Waals surface area contributed by atoms with Crippen molar-refractivity contribution >= 4 is 23.2 Å². The lowest BCUT2D eigenvalue weighted by molar-refractivity contribution is 0.0238. The summed E-state index contributed by atoms with van der Waals surface area (Å²) < 4.78 is 2.25. The van der Waals surface area contributed by atoms with Crippen LogP contribution in [-0.4, -0.2) is 9.78 Å². The van der Waals surface area contributed by atoms with Crippen LogP contribution in [0.5, 0.6) is 0 Å². The second-order valence-electron chi connectivity index (χ2n) is 9.82. The summed E-state index contributed by atoms with van der Waals surface area (Å²) in [6, 6.07) is 16.4. The zero-order valence-corrected chi connectivity index (χ0v) is 18.3. The predicted molar refractivity (Wildman–Crippen MR) is 122 cm³/mol. The van der Waals surface area contributed by atoms with E-state index in [1.807, 2.05) is 24.3 Å². The summed E-state index contributed by atoms with van der Waals surface area (Å²) in [7, 11) is 0. The normalized spacial score (nSPS) is 33.0. The quantitative estimate of drug-likeness (QED) is 0.408. The van der Waals surface area contributed by atoms with E-state index in [1.54, 1.807) is 0 Å². The minimum absolute atomic E-state index is 0.660. The van der Waals surface area contributed by atoms with Gasteiger partial charge in [-0.3, -0.25) is 0 Å². The van der Waals surface area contributed by atoms with Crippen LogP contribution in [0.4, 0.5) is 0 Å². The maximum Gasteiger partial charge on any atom is 0.0965 e. The van der Waals surface area contributed by atoms with E-state index in [1.165, 1.54) is 54.6 Å². The van der Waals surface area contributed by atoms with Gasteiger partial charge < -0.3 is 0 Å². The van der Waals surface area contributed by atoms with Crippen LogP contribution in [0.15, 0.2) is 48.5 Å². The van der Waals surface area contributed by atoms with Crippen LogP contribution in [0, 0.1) is 23.7 Å². The molecule has 4 saturated carbocycles. The summed E-state index contributed by atoms with van der Waals surface area (Å²) in [6.07, 6.45) is 7.12. The highest BCUT2D eigenvalue weighted by molar-refractivity contribution is 6.30. The molecule has 1 aromatic heterocycles. The largest absolute Gasteiger partial charge is 0.237 e. The molecule has 152 valence electrons. The van der Waals surface area contributed by atoms with E-state index in [0.29, 0.717) is 11.8 Å². The molecule has 1 heterocycles. The Morgan fingerprint density at radius 3 is 1.93 bits per heavy atom. The number of halogens is 2. The number of hydrogen-bond acceptors (Lipinski definition) is 1. The highest BCUT2D eigenvalue weighted by Gasteiger charge is 2.61. The fourth-order valence-corrected chi connectivity index (χ4v) is 7.95. The van der Waals surface area contributed by atoms with Gasteiger partial charge in [0.15, 0.2) is 0 Å². The van der Waals surface area contributed by atoms with Crippen molar-refractivity contribution in [2.45, 2.75) is 43.9 Å². The molecule has 4 fully saturated rings. The highest BCUT2D eigenvalue weighted by atomic mass is 35.5. The van der Waals surface area contributed by atoms with Crippen molar-refractivity contribution in [3.05, 3.63) is 69.8 Å². The van der Waals surface area contributed by atoms with Crippen LogP contribution in [0.1, 0.15) is 55.2 Å². The SMILES string of the molecule is Clc1ccc(-c2nn(-c3ccc(Cl)cc3)c3c2[C@H]2C[C@@H]3C3C4CCC(CC4)C32)cc1. The molecule has 3 aromatic rings. The van der Waals surface area contributed by atoms with Crippen LogP contribution in [0.2, 0.25) is 10.0 Å². The highest BCUT2D eigenvalue weighted by Crippen LogP contribution is 2.70. The Morgan fingerprint density at radius 1 is 0.733 bits per heavy atom. The maximum atomic E-state index is 6.19. The van der Waals surface area contributed by atoms with Gasteiger partial charge in [-0.05, 0) is 98.1 Å². The average Bonchev–Trinajstić information content (AvgIpc) is 3.47. The first-order valence-electron chi connectivity index (χ1n) is 11.3. The smallest absolute Gasteiger partial charge is 0.0965 e. The van der Waals surface area contributed by atoms with Crippen molar-refractivity contribution in [3.63, 3.8) is 0 Å². The van der Waals surface area contributed by atoms with Gasteiger partial charge in [-0.2, -0.15) is 5.10 Å². The molecule has 2 unspecified atom stereocenters. The van der Waals surface area contributed by atoms with E-state index in [0.717, 1.165) is 39.4 Å². The Kier molecular flexibility index (Phi) is 3.79. The lowest BCUT2D eigenvalue weighted by atomic mass is 9.54. The first kappa shape index (κ1) is 17.9. The minimum atomic E-state index is 0.660. The van der Waals surface area contributed by atoms with Crippen LogP contribution in [-0.2, 0) is 0 Å². The third kappa shape index (κ3) is 2.35. The first-order valence-corrected chi connectivity index (χ1v) is 12.1. The van der Waals surface area contributed by atoms with Crippen LogP contribution in [0.3, 0.4) is 0 Å². The Balaban J connectivity index is 1.44. The van der Waals surface area contributed by atoms with Crippen molar-refractivity contribution in [2.24, 2.45) is 23.7 Å². The number of rotatable bonds is 2. The number of fused-ring (bicyclic) bond motifs is 7. The molecule has 5 aliphatic rings. The second kappa shape index (κ2) is 6.37. The van der Waals surface area contributed by atoms with E-state index in [4.69, 9.17) is 28.3 Å². The molecule has 5 aliphatic carbocycles. The first-order chi connectivity index (χ1) is 14.7. The predicted octanol–water partition coefficient (Wildman–Crippen LogP) is 7.48. The topological polar surface area (TPSA) is 17.8 Å². The van der Waals surface area contributed by atoms with Gasteiger partial charge >= 0.3 is 0 Å². The Bertz CT molecular complexity index is 1040. The zero-order valence-electron chi connectivity index (χ0n) is 16.8. The van der Waals surface area contributed by atoms with Crippen molar-refractivity contribution in [1.29, 1.82) is 0 Å². The average molecular weight is 435 g/mol. The molecule has 2 nitrogen and oxygen atoms in total. The van der Waals surface area contributed by atoms with Gasteiger partial charge in [0.05, 0.1) is 17.1 Å². The Hall–Kier alpha value is -1.77. The number of aromatic nitrogens is 2. The van der Waals surface area contributed by atoms with E-state index in [9.17, 15) is 0 Å². The molecule has 0 N–H and O–H groups in total. The summed E-state index contributed by atoms with van der Waals surface area (Å²) in [4.78, 5) is 0. The van der Waals surface area contributed by atoms with Crippen molar-refractivity contribution in [2.75, 3.05) is 0 Å². The molecule has 0 amide bonds. The fraction of sp³-hybridized carbons (Fsp3) is 0.423. The molecule has 0 radical (unpaired) electrons. The van der Waals surface area contributed by atoms with E-state index < -0.39 is 0 Å². The van der Waals surface area contributed by atoms with Crippen molar-refractivity contribution in [3.8, 4) is 16.9 Å². The summed E-state index contributed by atoms with van der Waals surface area (Å²) >= 11 is 12.4. The van der Waals surface area contributed by atoms with E-state index in [2.05, 4.69) is 28.9 Å². The molecular weight excluding hydrogens is 411 g/mol. The van der Waals surface area contributed by atoms with Gasteiger partial charge in [0.1, 0.15) is 0 Å². The number of hydrogen-bond donors (Lipinski definition) is 0. The third-order valence-electron chi connectivity index (χ3n) is 8.66. The van der Waals surface area contributed by atoms with Crippen LogP contribution in [0.25, 0.3) is 16.9 Å². The van der Waals surface area contributed by atoms with E-state index in [-0.39, 0.29) is 0 Å². The molecule has 0 aliphatic heterocycles. The summed E-state index contributed by atoms with van der Waals surface area (Å²) in [5.41, 5.74) is 6.51. The zero-order chi connectivity index (χ0) is 20.0. The number of nitrogens with zero attached hydrogens (tertiary/aromatic N) is 2. The molecule has 4 atom stereocenters. The molecule has 2 aromatic carbocycles. The van der Waals surface area contributed by atoms with Crippen molar-refractivity contribution in [1.82, 2.24) is 9.78 Å². The van der Waals surface area contributed by atoms with Gasteiger partial charge in [-0.25, -0.2) is 4.68 Å². The van der Waals surface area contributed by atoms with Gasteiger partial charge in [0.2, 0.25) is 0 Å². The van der Waals surface area contributed by atoms with Gasteiger partial charge in [-0.15, -0.1) is 0 Å². The summed E-state index contributed by atoms with van der Waals surface area (Å²) in [5, 5.41) is 6.78. The van der Waals surface area contributed by atoms with Crippen molar-refractivity contribution < 1.29 is 0 Å². The van der Waals surface area contributed by atoms with Crippen LogP contribution < -0.4 is 0 Å². The monoisotopic (exact) mass is 434 g/mol. The standard InChI is InChI=1S/C26H24Cl2N2/c27-17-7-5-16(6-8-17)25-24-20-13-21(23-15-3-1-14(2-4-15)22(20)23)26(24)30(29-25)19-11-9-18(28)10-12-19/h5-12,14-15,20-23H,1-4,13H2/t14?,15?,20-,21+,22?,23?/m0/s1. The van der Waals surface area contributed by atoms with Crippen LogP contribution >= 0.6 is 23.2 Å². The molecule has 0 spiro atoms. The number of benzene rings is 2. The second-order valence-corrected chi connectivity index (χ2v) is 10.7. The summed E-state index contributed by atoms with van der Waals surface area (Å²) in [6.45, 7) is 0. The fourth-order valence-electron chi connectivity index (χ4n) is 7.69. The molecule has 0 saturated heterocycles. The Morgan fingerprint density at radius 2 is 1.30 bits per heavy atom. The summed E-state index contributed by atoms with van der Waals surface area (Å²) in [5.74, 6) is 4.94. The van der Waals surface area contributed by atoms with Gasteiger partial charge in [-0.1, -0.05) is 35.3 Å².